The molecule has 0 spiro atoms. The van der Waals surface area contributed by atoms with E-state index in [9.17, 15) is 0 Å². The normalized spacial score (nSPS) is 18.9. The second-order valence-corrected chi connectivity index (χ2v) is 5.79. The van der Waals surface area contributed by atoms with Gasteiger partial charge in [0.05, 0.1) is 11.1 Å². The summed E-state index contributed by atoms with van der Waals surface area (Å²) in [5.74, 6) is 0.148. The van der Waals surface area contributed by atoms with Gasteiger partial charge in [-0.25, -0.2) is 0 Å². The Labute approximate surface area is 127 Å². The molecule has 1 saturated heterocycles. The van der Waals surface area contributed by atoms with Crippen molar-refractivity contribution in [3.63, 3.8) is 0 Å². The third-order valence-electron chi connectivity index (χ3n) is 3.92. The van der Waals surface area contributed by atoms with Gasteiger partial charge in [0, 0.05) is 32.2 Å². The van der Waals surface area contributed by atoms with Gasteiger partial charge in [-0.15, -0.1) is 0 Å². The molecule has 1 aromatic rings. The first-order valence-electron chi connectivity index (χ1n) is 7.39. The van der Waals surface area contributed by atoms with Gasteiger partial charge in [-0.2, -0.15) is 0 Å². The van der Waals surface area contributed by atoms with Crippen molar-refractivity contribution in [1.29, 1.82) is 0 Å². The summed E-state index contributed by atoms with van der Waals surface area (Å²) < 4.78 is 5.69. The number of benzene rings is 1. The van der Waals surface area contributed by atoms with Gasteiger partial charge in [-0.1, -0.05) is 42.5 Å². The molecular weight excluding hydrogens is 268 g/mol. The van der Waals surface area contributed by atoms with Crippen LogP contribution < -0.4 is 5.73 Å². The smallest absolute Gasteiger partial charge is 0.0816 e. The molecule has 2 N–H and O–H groups in total. The third-order valence-corrected chi connectivity index (χ3v) is 4.21. The lowest BCUT2D eigenvalue weighted by molar-refractivity contribution is 0.0141. The summed E-state index contributed by atoms with van der Waals surface area (Å²) >= 11 is 5.26. The fourth-order valence-corrected chi connectivity index (χ4v) is 3.01. The van der Waals surface area contributed by atoms with Crippen molar-refractivity contribution in [2.24, 2.45) is 5.73 Å². The zero-order valence-electron chi connectivity index (χ0n) is 12.1. The van der Waals surface area contributed by atoms with Crippen LogP contribution in [-0.2, 0) is 4.74 Å². The summed E-state index contributed by atoms with van der Waals surface area (Å²) in [5, 5.41) is 0. The van der Waals surface area contributed by atoms with Crippen LogP contribution in [0.2, 0.25) is 0 Å². The zero-order chi connectivity index (χ0) is 14.4. The number of ether oxygens (including phenoxy) is 1. The number of likely N-dealkylation sites (tertiary alicyclic amines) is 1. The number of nitrogens with zero attached hydrogens (tertiary/aromatic N) is 1. The Morgan fingerprint density at radius 1 is 1.35 bits per heavy atom. The van der Waals surface area contributed by atoms with Crippen molar-refractivity contribution in [3.05, 3.63) is 35.9 Å². The molecule has 1 aliphatic heterocycles. The maximum atomic E-state index is 5.94. The predicted octanol–water partition coefficient (Wildman–Crippen LogP) is 2.56. The molecular formula is C16H24N2OS. The van der Waals surface area contributed by atoms with Crippen LogP contribution in [0.3, 0.4) is 0 Å². The Hall–Kier alpha value is -0.970. The van der Waals surface area contributed by atoms with Crippen LogP contribution in [0.4, 0.5) is 0 Å². The predicted molar refractivity (Wildman–Crippen MR) is 87.1 cm³/mol. The lowest BCUT2D eigenvalue weighted by atomic mass is 9.97. The molecule has 0 amide bonds. The lowest BCUT2D eigenvalue weighted by Gasteiger charge is -2.34. The van der Waals surface area contributed by atoms with Crippen LogP contribution in [0.25, 0.3) is 0 Å². The summed E-state index contributed by atoms with van der Waals surface area (Å²) in [5.41, 5.74) is 7.16. The van der Waals surface area contributed by atoms with Gasteiger partial charge < -0.3 is 15.4 Å². The van der Waals surface area contributed by atoms with E-state index < -0.39 is 0 Å². The molecule has 0 saturated carbocycles. The number of hydrogen-bond acceptors (Lipinski definition) is 3. The zero-order valence-corrected chi connectivity index (χ0v) is 12.9. The average molecular weight is 292 g/mol. The van der Waals surface area contributed by atoms with E-state index in [0.717, 1.165) is 39.1 Å². The van der Waals surface area contributed by atoms with E-state index in [1.807, 2.05) is 18.2 Å². The molecule has 1 heterocycles. The van der Waals surface area contributed by atoms with E-state index in [2.05, 4.69) is 24.0 Å². The molecule has 0 radical (unpaired) electrons. The molecule has 2 rings (SSSR count). The average Bonchev–Trinajstić information content (AvgIpc) is 2.47. The minimum absolute atomic E-state index is 0.148. The van der Waals surface area contributed by atoms with Gasteiger partial charge in [0.1, 0.15) is 0 Å². The highest BCUT2D eigenvalue weighted by molar-refractivity contribution is 7.80. The second kappa shape index (κ2) is 7.72. The molecule has 0 aromatic heterocycles. The molecule has 20 heavy (non-hydrogen) atoms. The maximum absolute atomic E-state index is 5.94. The number of rotatable bonds is 6. The molecule has 1 aromatic carbocycles. The monoisotopic (exact) mass is 292 g/mol. The minimum atomic E-state index is 0.148. The van der Waals surface area contributed by atoms with E-state index in [1.165, 1.54) is 5.56 Å². The van der Waals surface area contributed by atoms with Crippen molar-refractivity contribution in [2.45, 2.75) is 31.8 Å². The molecule has 1 atom stereocenters. The van der Waals surface area contributed by atoms with E-state index in [0.29, 0.717) is 11.1 Å². The Bertz CT molecular complexity index is 416. The van der Waals surface area contributed by atoms with Gasteiger partial charge in [-0.3, -0.25) is 0 Å². The molecule has 110 valence electrons. The van der Waals surface area contributed by atoms with Crippen molar-refractivity contribution in [2.75, 3.05) is 26.2 Å². The quantitative estimate of drug-likeness (QED) is 0.818. The Balaban J connectivity index is 1.92. The second-order valence-electron chi connectivity index (χ2n) is 5.32. The number of piperidine rings is 1. The maximum Gasteiger partial charge on any atom is 0.0816 e. The topological polar surface area (TPSA) is 38.5 Å². The van der Waals surface area contributed by atoms with Crippen LogP contribution >= 0.6 is 12.2 Å². The van der Waals surface area contributed by atoms with E-state index in [1.54, 1.807) is 0 Å². The van der Waals surface area contributed by atoms with Gasteiger partial charge >= 0.3 is 0 Å². The van der Waals surface area contributed by atoms with Crippen LogP contribution in [0, 0.1) is 0 Å². The van der Waals surface area contributed by atoms with E-state index in [4.69, 9.17) is 22.7 Å². The standard InChI is InChI=1S/C16H24N2OS/c1-2-19-14-8-10-18(11-9-14)12-15(16(17)20)13-6-4-3-5-7-13/h3-7,14-15H,2,8-12H2,1H3,(H2,17,20). The minimum Gasteiger partial charge on any atom is -0.393 e. The SMILES string of the molecule is CCOC1CCN(CC(C(N)=S)c2ccccc2)CC1. The molecule has 1 fully saturated rings. The van der Waals surface area contributed by atoms with Crippen LogP contribution in [0.15, 0.2) is 30.3 Å². The first-order valence-corrected chi connectivity index (χ1v) is 7.79. The fourth-order valence-electron chi connectivity index (χ4n) is 2.80. The third kappa shape index (κ3) is 4.27. The summed E-state index contributed by atoms with van der Waals surface area (Å²) in [4.78, 5) is 3.04. The molecule has 0 aliphatic carbocycles. The van der Waals surface area contributed by atoms with Crippen molar-refractivity contribution in [3.8, 4) is 0 Å². The highest BCUT2D eigenvalue weighted by Crippen LogP contribution is 2.21. The highest BCUT2D eigenvalue weighted by Gasteiger charge is 2.23. The van der Waals surface area contributed by atoms with Crippen LogP contribution in [-0.4, -0.2) is 42.2 Å². The van der Waals surface area contributed by atoms with Crippen molar-refractivity contribution >= 4 is 17.2 Å². The van der Waals surface area contributed by atoms with Gasteiger partial charge in [-0.05, 0) is 25.3 Å². The Kier molecular flexibility index (Phi) is 5.95. The summed E-state index contributed by atoms with van der Waals surface area (Å²) in [6.07, 6.45) is 2.63. The Morgan fingerprint density at radius 2 is 2.00 bits per heavy atom. The van der Waals surface area contributed by atoms with Gasteiger partial charge in [0.2, 0.25) is 0 Å². The van der Waals surface area contributed by atoms with Crippen LogP contribution in [0.1, 0.15) is 31.2 Å². The Morgan fingerprint density at radius 3 is 2.55 bits per heavy atom. The molecule has 4 heteroatoms. The number of hydrogen-bond donors (Lipinski definition) is 1. The highest BCUT2D eigenvalue weighted by atomic mass is 32.1. The fraction of sp³-hybridized carbons (Fsp3) is 0.562. The van der Waals surface area contributed by atoms with Crippen molar-refractivity contribution in [1.82, 2.24) is 4.90 Å². The van der Waals surface area contributed by atoms with E-state index in [-0.39, 0.29) is 5.92 Å². The first kappa shape index (κ1) is 15.4. The summed E-state index contributed by atoms with van der Waals surface area (Å²) in [7, 11) is 0. The van der Waals surface area contributed by atoms with E-state index >= 15 is 0 Å². The molecule has 0 bridgehead atoms. The van der Waals surface area contributed by atoms with Gasteiger partial charge in [0.25, 0.3) is 0 Å². The summed E-state index contributed by atoms with van der Waals surface area (Å²) in [6.45, 7) is 5.92. The molecule has 3 nitrogen and oxygen atoms in total. The number of nitrogens with two attached hydrogens (primary N) is 1. The molecule has 1 aliphatic rings. The van der Waals surface area contributed by atoms with Crippen LogP contribution in [0.5, 0.6) is 0 Å². The molecule has 1 unspecified atom stereocenters. The van der Waals surface area contributed by atoms with Gasteiger partial charge in [0.15, 0.2) is 0 Å². The first-order chi connectivity index (χ1) is 9.70. The lowest BCUT2D eigenvalue weighted by Crippen LogP contribution is -2.41. The van der Waals surface area contributed by atoms with Crippen molar-refractivity contribution < 1.29 is 4.74 Å². The number of thiocarbonyl (C=S) groups is 1. The summed E-state index contributed by atoms with van der Waals surface area (Å²) in [6, 6.07) is 10.3. The largest absolute Gasteiger partial charge is 0.393 e.